The third-order valence-corrected chi connectivity index (χ3v) is 5.27. The number of rotatable bonds is 2. The van der Waals surface area contributed by atoms with Crippen LogP contribution in [0, 0.1) is 0 Å². The van der Waals surface area contributed by atoms with E-state index in [1.165, 1.54) is 0 Å². The van der Waals surface area contributed by atoms with E-state index in [0.717, 1.165) is 54.3 Å². The fourth-order valence-corrected chi connectivity index (χ4v) is 3.40. The molecule has 1 N–H and O–H groups in total. The Morgan fingerprint density at radius 2 is 2.26 bits per heavy atom. The zero-order valence-electron chi connectivity index (χ0n) is 10.6. The Kier molecular flexibility index (Phi) is 4.03. The highest BCUT2D eigenvalue weighted by molar-refractivity contribution is 9.10. The van der Waals surface area contributed by atoms with E-state index in [4.69, 9.17) is 21.1 Å². The van der Waals surface area contributed by atoms with E-state index in [0.29, 0.717) is 6.04 Å². The van der Waals surface area contributed by atoms with Crippen LogP contribution >= 0.6 is 27.5 Å². The molecule has 1 spiro atoms. The highest BCUT2D eigenvalue weighted by atomic mass is 79.9. The summed E-state index contributed by atoms with van der Waals surface area (Å²) in [4.78, 5) is 0. The maximum atomic E-state index is 6.12. The van der Waals surface area contributed by atoms with Crippen LogP contribution in [0.5, 0.6) is 0 Å². The number of hydrogen-bond acceptors (Lipinski definition) is 3. The predicted octanol–water partition coefficient (Wildman–Crippen LogP) is 3.85. The summed E-state index contributed by atoms with van der Waals surface area (Å²) in [7, 11) is 0. The molecule has 2 atom stereocenters. The van der Waals surface area contributed by atoms with Crippen LogP contribution in [0.2, 0.25) is 5.02 Å². The summed E-state index contributed by atoms with van der Waals surface area (Å²) in [6.07, 6.45) is 3.01. The van der Waals surface area contributed by atoms with Crippen molar-refractivity contribution >= 4 is 33.2 Å². The second-order valence-electron chi connectivity index (χ2n) is 5.27. The van der Waals surface area contributed by atoms with Crippen LogP contribution in [0.25, 0.3) is 0 Å². The van der Waals surface area contributed by atoms with Gasteiger partial charge in [-0.15, -0.1) is 0 Å². The summed E-state index contributed by atoms with van der Waals surface area (Å²) in [5.41, 5.74) is 0.981. The Balaban J connectivity index is 1.71. The highest BCUT2D eigenvalue weighted by Gasteiger charge is 2.41. The van der Waals surface area contributed by atoms with Crippen LogP contribution in [0.15, 0.2) is 22.7 Å². The van der Waals surface area contributed by atoms with Crippen molar-refractivity contribution in [3.63, 3.8) is 0 Å². The van der Waals surface area contributed by atoms with Crippen molar-refractivity contribution in [2.45, 2.75) is 30.9 Å². The van der Waals surface area contributed by atoms with Crippen molar-refractivity contribution in [1.82, 2.24) is 0 Å². The zero-order valence-corrected chi connectivity index (χ0v) is 13.0. The van der Waals surface area contributed by atoms with E-state index >= 15 is 0 Å². The Bertz CT molecular complexity index is 463. The third kappa shape index (κ3) is 2.92. The first-order valence-electron chi connectivity index (χ1n) is 6.61. The normalized spacial score (nSPS) is 30.7. The lowest BCUT2D eigenvalue weighted by Gasteiger charge is -2.37. The van der Waals surface area contributed by atoms with Gasteiger partial charge in [0.15, 0.2) is 0 Å². The van der Waals surface area contributed by atoms with Gasteiger partial charge in [-0.05, 0) is 40.9 Å². The summed E-state index contributed by atoms with van der Waals surface area (Å²) in [6, 6.07) is 6.30. The summed E-state index contributed by atoms with van der Waals surface area (Å²) in [6.45, 7) is 2.33. The maximum Gasteiger partial charge on any atom is 0.0956 e. The largest absolute Gasteiger partial charge is 0.381 e. The van der Waals surface area contributed by atoms with E-state index in [1.54, 1.807) is 0 Å². The number of hydrogen-bond donors (Lipinski definition) is 1. The van der Waals surface area contributed by atoms with Gasteiger partial charge in [0.25, 0.3) is 0 Å². The van der Waals surface area contributed by atoms with Crippen molar-refractivity contribution in [1.29, 1.82) is 0 Å². The number of nitrogens with one attached hydrogen (secondary N) is 1. The van der Waals surface area contributed by atoms with Gasteiger partial charge >= 0.3 is 0 Å². The monoisotopic (exact) mass is 345 g/mol. The quantitative estimate of drug-likeness (QED) is 0.882. The van der Waals surface area contributed by atoms with Crippen LogP contribution < -0.4 is 5.32 Å². The molecule has 0 amide bonds. The van der Waals surface area contributed by atoms with Gasteiger partial charge in [-0.2, -0.15) is 0 Å². The fraction of sp³-hybridized carbons (Fsp3) is 0.571. The Labute approximate surface area is 126 Å². The molecule has 2 fully saturated rings. The lowest BCUT2D eigenvalue weighted by Crippen LogP contribution is -2.44. The summed E-state index contributed by atoms with van der Waals surface area (Å²) in [5, 5.41) is 4.31. The number of benzene rings is 1. The Hall–Kier alpha value is -0.290. The van der Waals surface area contributed by atoms with E-state index in [2.05, 4.69) is 21.2 Å². The first kappa shape index (κ1) is 13.7. The smallest absolute Gasteiger partial charge is 0.0956 e. The molecule has 0 bridgehead atoms. The van der Waals surface area contributed by atoms with Crippen LogP contribution in [-0.4, -0.2) is 31.5 Å². The molecule has 5 heteroatoms. The Morgan fingerprint density at radius 1 is 1.37 bits per heavy atom. The summed E-state index contributed by atoms with van der Waals surface area (Å²) < 4.78 is 12.4. The molecule has 1 aromatic carbocycles. The third-order valence-electron chi connectivity index (χ3n) is 3.87. The molecule has 1 aromatic rings. The average molecular weight is 347 g/mol. The van der Waals surface area contributed by atoms with Gasteiger partial charge in [0.2, 0.25) is 0 Å². The molecule has 2 heterocycles. The molecule has 19 heavy (non-hydrogen) atoms. The van der Waals surface area contributed by atoms with Crippen molar-refractivity contribution in [2.24, 2.45) is 0 Å². The standard InChI is InChI=1S/C14H17BrClNO2/c15-13-11(16)2-1-3-12(13)17-10-4-6-19-14(8-10)5-7-18-9-14/h1-3,10,17H,4-9H2. The van der Waals surface area contributed by atoms with Gasteiger partial charge in [-0.3, -0.25) is 0 Å². The molecule has 3 nitrogen and oxygen atoms in total. The molecule has 2 unspecified atom stereocenters. The number of halogens is 2. The minimum Gasteiger partial charge on any atom is -0.381 e. The van der Waals surface area contributed by atoms with Gasteiger partial charge in [0.05, 0.1) is 27.4 Å². The van der Waals surface area contributed by atoms with Crippen molar-refractivity contribution in [2.75, 3.05) is 25.1 Å². The van der Waals surface area contributed by atoms with Crippen molar-refractivity contribution in [3.05, 3.63) is 27.7 Å². The minimum absolute atomic E-state index is 0.0685. The van der Waals surface area contributed by atoms with E-state index < -0.39 is 0 Å². The molecule has 104 valence electrons. The van der Waals surface area contributed by atoms with Crippen molar-refractivity contribution < 1.29 is 9.47 Å². The minimum atomic E-state index is -0.0685. The van der Waals surface area contributed by atoms with Crippen LogP contribution in [0.4, 0.5) is 5.69 Å². The van der Waals surface area contributed by atoms with Gasteiger partial charge in [0, 0.05) is 25.7 Å². The van der Waals surface area contributed by atoms with E-state index in [1.807, 2.05) is 18.2 Å². The number of anilines is 1. The maximum absolute atomic E-state index is 6.12. The van der Waals surface area contributed by atoms with E-state index in [9.17, 15) is 0 Å². The van der Waals surface area contributed by atoms with Gasteiger partial charge in [0.1, 0.15) is 0 Å². The topological polar surface area (TPSA) is 30.5 Å². The fourth-order valence-electron chi connectivity index (χ4n) is 2.85. The first-order valence-corrected chi connectivity index (χ1v) is 7.78. The molecule has 0 aromatic heterocycles. The molecule has 0 aliphatic carbocycles. The average Bonchev–Trinajstić information content (AvgIpc) is 2.83. The lowest BCUT2D eigenvalue weighted by atomic mass is 9.89. The Morgan fingerprint density at radius 3 is 3.05 bits per heavy atom. The van der Waals surface area contributed by atoms with E-state index in [-0.39, 0.29) is 5.60 Å². The molecule has 2 aliphatic rings. The van der Waals surface area contributed by atoms with Gasteiger partial charge in [-0.1, -0.05) is 17.7 Å². The molecule has 0 saturated carbocycles. The van der Waals surface area contributed by atoms with Crippen molar-refractivity contribution in [3.8, 4) is 0 Å². The van der Waals surface area contributed by atoms with Gasteiger partial charge < -0.3 is 14.8 Å². The van der Waals surface area contributed by atoms with Crippen LogP contribution in [0.1, 0.15) is 19.3 Å². The SMILES string of the molecule is Clc1cccc(NC2CCOC3(CCOC3)C2)c1Br. The molecular weight excluding hydrogens is 330 g/mol. The lowest BCUT2D eigenvalue weighted by molar-refractivity contribution is -0.0828. The molecule has 2 aliphatic heterocycles. The number of ether oxygens (including phenoxy) is 2. The van der Waals surface area contributed by atoms with Crippen LogP contribution in [-0.2, 0) is 9.47 Å². The molecular formula is C14H17BrClNO2. The predicted molar refractivity (Wildman–Crippen MR) is 79.9 cm³/mol. The second-order valence-corrected chi connectivity index (χ2v) is 6.47. The zero-order chi connectivity index (χ0) is 13.3. The highest BCUT2D eigenvalue weighted by Crippen LogP contribution is 2.36. The summed E-state index contributed by atoms with van der Waals surface area (Å²) in [5.74, 6) is 0. The first-order chi connectivity index (χ1) is 9.19. The summed E-state index contributed by atoms with van der Waals surface area (Å²) >= 11 is 9.65. The van der Waals surface area contributed by atoms with Crippen LogP contribution in [0.3, 0.4) is 0 Å². The molecule has 2 saturated heterocycles. The van der Waals surface area contributed by atoms with Gasteiger partial charge in [-0.25, -0.2) is 0 Å². The second kappa shape index (κ2) is 5.60. The molecule has 0 radical (unpaired) electrons. The molecule has 3 rings (SSSR count).